The molecule has 2 rings (SSSR count). The first-order chi connectivity index (χ1) is 12.5. The quantitative estimate of drug-likeness (QED) is 0.844. The molecule has 0 fully saturated rings. The Morgan fingerprint density at radius 1 is 1.19 bits per heavy atom. The first-order valence-corrected chi connectivity index (χ1v) is 8.64. The summed E-state index contributed by atoms with van der Waals surface area (Å²) in [5.41, 5.74) is 4.08. The van der Waals surface area contributed by atoms with Gasteiger partial charge in [-0.05, 0) is 55.3 Å². The monoisotopic (exact) mass is 345 g/mol. The molecule has 0 heterocycles. The largest absolute Gasteiger partial charge is 0.363 e. The molecule has 1 N–H and O–H groups in total. The highest BCUT2D eigenvalue weighted by molar-refractivity contribution is 5.95. The molecule has 0 aliphatic heterocycles. The summed E-state index contributed by atoms with van der Waals surface area (Å²) >= 11 is 0. The van der Waals surface area contributed by atoms with Crippen molar-refractivity contribution in [1.29, 1.82) is 5.26 Å². The highest BCUT2D eigenvalue weighted by atomic mass is 16.1. The second-order valence-electron chi connectivity index (χ2n) is 6.11. The molecule has 0 spiro atoms. The van der Waals surface area contributed by atoms with Crippen LogP contribution in [-0.4, -0.2) is 26.0 Å². The molecule has 0 aliphatic rings. The number of amides is 1. The topological polar surface area (TPSA) is 56.1 Å². The number of anilines is 1. The molecule has 0 aromatic heterocycles. The fourth-order valence-electron chi connectivity index (χ4n) is 2.49. The van der Waals surface area contributed by atoms with Gasteiger partial charge < -0.3 is 10.2 Å². The van der Waals surface area contributed by atoms with E-state index in [4.69, 9.17) is 5.26 Å². The van der Waals surface area contributed by atoms with Crippen molar-refractivity contribution in [2.24, 2.45) is 0 Å². The van der Waals surface area contributed by atoms with Crippen molar-refractivity contribution in [2.75, 3.05) is 25.0 Å². The van der Waals surface area contributed by atoms with E-state index in [1.807, 2.05) is 62.2 Å². The molecule has 0 atom stereocenters. The predicted octanol–water partition coefficient (Wildman–Crippen LogP) is 3.49. The SMILES string of the molecule is CCCNC(=O)c1ccc(C#CCN(C)c2cccc(C#N)c2)cc1C. The Morgan fingerprint density at radius 2 is 2.00 bits per heavy atom. The van der Waals surface area contributed by atoms with Crippen molar-refractivity contribution in [1.82, 2.24) is 5.32 Å². The Morgan fingerprint density at radius 3 is 2.69 bits per heavy atom. The average Bonchev–Trinajstić information content (AvgIpc) is 2.66. The van der Waals surface area contributed by atoms with Crippen LogP contribution in [0.3, 0.4) is 0 Å². The van der Waals surface area contributed by atoms with Crippen molar-refractivity contribution in [2.45, 2.75) is 20.3 Å². The second kappa shape index (κ2) is 9.30. The second-order valence-corrected chi connectivity index (χ2v) is 6.11. The lowest BCUT2D eigenvalue weighted by atomic mass is 10.0. The maximum atomic E-state index is 12.1. The van der Waals surface area contributed by atoms with E-state index < -0.39 is 0 Å². The number of hydrogen-bond donors (Lipinski definition) is 1. The highest BCUT2D eigenvalue weighted by Crippen LogP contribution is 2.14. The van der Waals surface area contributed by atoms with Crippen LogP contribution in [0.4, 0.5) is 5.69 Å². The van der Waals surface area contributed by atoms with E-state index in [1.54, 1.807) is 6.07 Å². The van der Waals surface area contributed by atoms with Gasteiger partial charge in [-0.2, -0.15) is 5.26 Å². The van der Waals surface area contributed by atoms with E-state index in [-0.39, 0.29) is 5.91 Å². The number of carbonyl (C=O) groups excluding carboxylic acids is 1. The van der Waals surface area contributed by atoms with Gasteiger partial charge in [-0.1, -0.05) is 24.8 Å². The predicted molar refractivity (Wildman–Crippen MR) is 105 cm³/mol. The number of nitriles is 1. The van der Waals surface area contributed by atoms with Gasteiger partial charge in [0, 0.05) is 30.4 Å². The van der Waals surface area contributed by atoms with E-state index >= 15 is 0 Å². The van der Waals surface area contributed by atoms with E-state index in [0.29, 0.717) is 24.2 Å². The molecule has 4 heteroatoms. The van der Waals surface area contributed by atoms with Crippen molar-refractivity contribution in [3.8, 4) is 17.9 Å². The third-order valence-corrected chi connectivity index (χ3v) is 3.97. The van der Waals surface area contributed by atoms with Gasteiger partial charge in [0.1, 0.15) is 0 Å². The van der Waals surface area contributed by atoms with Crippen molar-refractivity contribution >= 4 is 11.6 Å². The standard InChI is InChI=1S/C22H23N3O/c1-4-12-24-22(26)21-11-10-18(14-17(21)2)8-6-13-25(3)20-9-5-7-19(15-20)16-23/h5,7,9-11,14-15H,4,12-13H2,1-3H3,(H,24,26). The zero-order valence-corrected chi connectivity index (χ0v) is 15.5. The molecule has 4 nitrogen and oxygen atoms in total. The maximum Gasteiger partial charge on any atom is 0.251 e. The van der Waals surface area contributed by atoms with Crippen LogP contribution in [0.5, 0.6) is 0 Å². The summed E-state index contributed by atoms with van der Waals surface area (Å²) < 4.78 is 0. The van der Waals surface area contributed by atoms with Crippen LogP contribution in [0.2, 0.25) is 0 Å². The minimum Gasteiger partial charge on any atom is -0.363 e. The zero-order chi connectivity index (χ0) is 18.9. The molecule has 0 saturated heterocycles. The molecule has 2 aromatic rings. The Bertz CT molecular complexity index is 884. The third kappa shape index (κ3) is 5.13. The lowest BCUT2D eigenvalue weighted by molar-refractivity contribution is 0.0953. The fraction of sp³-hybridized carbons (Fsp3) is 0.273. The van der Waals surface area contributed by atoms with Gasteiger partial charge in [-0.3, -0.25) is 4.79 Å². The van der Waals surface area contributed by atoms with Gasteiger partial charge in [0.25, 0.3) is 5.91 Å². The molecule has 0 unspecified atom stereocenters. The van der Waals surface area contributed by atoms with Crippen LogP contribution in [0.25, 0.3) is 0 Å². The van der Waals surface area contributed by atoms with Gasteiger partial charge in [0.05, 0.1) is 18.2 Å². The van der Waals surface area contributed by atoms with Gasteiger partial charge in [0.2, 0.25) is 0 Å². The summed E-state index contributed by atoms with van der Waals surface area (Å²) in [5, 5.41) is 11.9. The number of nitrogens with zero attached hydrogens (tertiary/aromatic N) is 2. The van der Waals surface area contributed by atoms with Crippen molar-refractivity contribution in [3.63, 3.8) is 0 Å². The van der Waals surface area contributed by atoms with Crippen LogP contribution < -0.4 is 10.2 Å². The summed E-state index contributed by atoms with van der Waals surface area (Å²) in [6.45, 7) is 5.18. The lowest BCUT2D eigenvalue weighted by Crippen LogP contribution is -2.24. The van der Waals surface area contributed by atoms with E-state index in [1.165, 1.54) is 0 Å². The summed E-state index contributed by atoms with van der Waals surface area (Å²) in [6.07, 6.45) is 0.916. The van der Waals surface area contributed by atoms with Crippen LogP contribution >= 0.6 is 0 Å². The Kier molecular flexibility index (Phi) is 6.83. The van der Waals surface area contributed by atoms with Crippen molar-refractivity contribution in [3.05, 3.63) is 64.7 Å². The summed E-state index contributed by atoms with van der Waals surface area (Å²) in [4.78, 5) is 14.1. The van der Waals surface area contributed by atoms with Crippen LogP contribution in [0.1, 0.15) is 40.4 Å². The van der Waals surface area contributed by atoms with Gasteiger partial charge in [-0.25, -0.2) is 0 Å². The van der Waals surface area contributed by atoms with E-state index in [9.17, 15) is 4.79 Å². The maximum absolute atomic E-state index is 12.1. The first kappa shape index (κ1) is 19.1. The minimum atomic E-state index is -0.0408. The minimum absolute atomic E-state index is 0.0408. The Hall–Kier alpha value is -3.24. The molecule has 132 valence electrons. The summed E-state index contributed by atoms with van der Waals surface area (Å²) in [6, 6.07) is 15.2. The molecular weight excluding hydrogens is 322 g/mol. The average molecular weight is 345 g/mol. The molecule has 1 amide bonds. The first-order valence-electron chi connectivity index (χ1n) is 8.64. The van der Waals surface area contributed by atoms with E-state index in [2.05, 4.69) is 23.2 Å². The fourth-order valence-corrected chi connectivity index (χ4v) is 2.49. The number of hydrogen-bond acceptors (Lipinski definition) is 3. The summed E-state index contributed by atoms with van der Waals surface area (Å²) in [7, 11) is 1.94. The molecule has 0 bridgehead atoms. The molecule has 26 heavy (non-hydrogen) atoms. The summed E-state index contributed by atoms with van der Waals surface area (Å²) in [5.74, 6) is 6.23. The third-order valence-electron chi connectivity index (χ3n) is 3.97. The molecule has 0 saturated carbocycles. The highest BCUT2D eigenvalue weighted by Gasteiger charge is 2.08. The van der Waals surface area contributed by atoms with Crippen molar-refractivity contribution < 1.29 is 4.79 Å². The Balaban J connectivity index is 2.04. The number of nitrogens with one attached hydrogen (secondary N) is 1. The lowest BCUT2D eigenvalue weighted by Gasteiger charge is -2.15. The van der Waals surface area contributed by atoms with Crippen LogP contribution in [0, 0.1) is 30.1 Å². The number of carbonyl (C=O) groups is 1. The number of rotatable bonds is 5. The molecule has 2 aromatic carbocycles. The molecule has 0 radical (unpaired) electrons. The van der Waals surface area contributed by atoms with E-state index in [0.717, 1.165) is 23.2 Å². The number of benzene rings is 2. The Labute approximate surface area is 155 Å². The van der Waals surface area contributed by atoms with Gasteiger partial charge in [0.15, 0.2) is 0 Å². The molecular formula is C22H23N3O. The normalized spacial score (nSPS) is 9.62. The molecule has 0 aliphatic carbocycles. The number of aryl methyl sites for hydroxylation is 1. The van der Waals surface area contributed by atoms with Crippen LogP contribution in [0.15, 0.2) is 42.5 Å². The van der Waals surface area contributed by atoms with Crippen LogP contribution in [-0.2, 0) is 0 Å². The van der Waals surface area contributed by atoms with Gasteiger partial charge in [-0.15, -0.1) is 0 Å². The zero-order valence-electron chi connectivity index (χ0n) is 15.5. The van der Waals surface area contributed by atoms with Gasteiger partial charge >= 0.3 is 0 Å². The smallest absolute Gasteiger partial charge is 0.251 e.